The van der Waals surface area contributed by atoms with Gasteiger partial charge in [-0.25, -0.2) is 0 Å². The van der Waals surface area contributed by atoms with Crippen molar-refractivity contribution in [3.63, 3.8) is 0 Å². The van der Waals surface area contributed by atoms with E-state index < -0.39 is 0 Å². The highest BCUT2D eigenvalue weighted by Gasteiger charge is 2.34. The highest BCUT2D eigenvalue weighted by molar-refractivity contribution is 5.97. The molecular formula is C22H26N2O3. The van der Waals surface area contributed by atoms with Gasteiger partial charge in [0.2, 0.25) is 11.8 Å². The average molecular weight is 366 g/mol. The zero-order chi connectivity index (χ0) is 19.4. The first-order valence-electron chi connectivity index (χ1n) is 9.28. The van der Waals surface area contributed by atoms with E-state index in [1.807, 2.05) is 48.5 Å². The van der Waals surface area contributed by atoms with Crippen molar-refractivity contribution in [2.24, 2.45) is 5.92 Å². The summed E-state index contributed by atoms with van der Waals surface area (Å²) in [5.41, 5.74) is 2.99. The second-order valence-corrected chi connectivity index (χ2v) is 7.29. The van der Waals surface area contributed by atoms with Gasteiger partial charge in [0.05, 0.1) is 13.0 Å². The number of ether oxygens (including phenoxy) is 1. The van der Waals surface area contributed by atoms with Gasteiger partial charge in [0.15, 0.2) is 0 Å². The molecule has 5 nitrogen and oxygen atoms in total. The molecule has 1 fully saturated rings. The van der Waals surface area contributed by atoms with Crippen LogP contribution in [0.3, 0.4) is 0 Å². The lowest BCUT2D eigenvalue weighted by Gasteiger charge is -2.17. The van der Waals surface area contributed by atoms with Crippen LogP contribution >= 0.6 is 0 Å². The van der Waals surface area contributed by atoms with Crippen molar-refractivity contribution in [1.29, 1.82) is 0 Å². The van der Waals surface area contributed by atoms with E-state index in [-0.39, 0.29) is 24.2 Å². The van der Waals surface area contributed by atoms with Crippen molar-refractivity contribution in [2.45, 2.75) is 32.7 Å². The third-order valence-electron chi connectivity index (χ3n) is 4.94. The summed E-state index contributed by atoms with van der Waals surface area (Å²) in [6.45, 7) is 5.19. The second kappa shape index (κ2) is 8.25. The van der Waals surface area contributed by atoms with Gasteiger partial charge in [-0.15, -0.1) is 0 Å². The fraction of sp³-hybridized carbons (Fsp3) is 0.364. The number of nitrogens with zero attached hydrogens (tertiary/aromatic N) is 1. The number of hydrogen-bond donors (Lipinski definition) is 1. The van der Waals surface area contributed by atoms with Gasteiger partial charge < -0.3 is 15.0 Å². The molecule has 0 aromatic heterocycles. The maximum absolute atomic E-state index is 12.6. The van der Waals surface area contributed by atoms with E-state index in [9.17, 15) is 9.59 Å². The van der Waals surface area contributed by atoms with E-state index in [2.05, 4.69) is 19.2 Å². The molecule has 0 unspecified atom stereocenters. The van der Waals surface area contributed by atoms with Gasteiger partial charge in [0, 0.05) is 25.2 Å². The molecule has 27 heavy (non-hydrogen) atoms. The second-order valence-electron chi connectivity index (χ2n) is 7.29. The number of nitrogens with one attached hydrogen (secondary N) is 1. The SMILES string of the molecule is COc1cccc(CN2C[C@H](C(=O)Nc3ccc(C(C)C)cc3)CC2=O)c1. The third-order valence-corrected chi connectivity index (χ3v) is 4.94. The van der Waals surface area contributed by atoms with Gasteiger partial charge in [0.1, 0.15) is 5.75 Å². The minimum Gasteiger partial charge on any atom is -0.497 e. The van der Waals surface area contributed by atoms with Gasteiger partial charge in [-0.3, -0.25) is 9.59 Å². The monoisotopic (exact) mass is 366 g/mol. The normalized spacial score (nSPS) is 16.7. The molecule has 0 spiro atoms. The summed E-state index contributed by atoms with van der Waals surface area (Å²) in [6.07, 6.45) is 0.250. The first-order chi connectivity index (χ1) is 13.0. The molecular weight excluding hydrogens is 340 g/mol. The number of benzene rings is 2. The molecule has 2 aromatic carbocycles. The number of anilines is 1. The van der Waals surface area contributed by atoms with Crippen LogP contribution < -0.4 is 10.1 Å². The Labute approximate surface area is 160 Å². The number of likely N-dealkylation sites (tertiary alicyclic amines) is 1. The van der Waals surface area contributed by atoms with Crippen LogP contribution in [0.15, 0.2) is 48.5 Å². The fourth-order valence-corrected chi connectivity index (χ4v) is 3.29. The van der Waals surface area contributed by atoms with Gasteiger partial charge in [-0.1, -0.05) is 38.1 Å². The number of hydrogen-bond acceptors (Lipinski definition) is 3. The van der Waals surface area contributed by atoms with Crippen LogP contribution in [0, 0.1) is 5.92 Å². The predicted octanol–water partition coefficient (Wildman–Crippen LogP) is 3.81. The van der Waals surface area contributed by atoms with Crippen LogP contribution in [0.5, 0.6) is 5.75 Å². The Morgan fingerprint density at radius 2 is 1.96 bits per heavy atom. The van der Waals surface area contributed by atoms with E-state index >= 15 is 0 Å². The van der Waals surface area contributed by atoms with Crippen molar-refractivity contribution < 1.29 is 14.3 Å². The molecule has 3 rings (SSSR count). The van der Waals surface area contributed by atoms with E-state index in [4.69, 9.17) is 4.74 Å². The first-order valence-corrected chi connectivity index (χ1v) is 9.28. The number of methoxy groups -OCH3 is 1. The maximum Gasteiger partial charge on any atom is 0.229 e. The van der Waals surface area contributed by atoms with E-state index in [1.54, 1.807) is 12.0 Å². The molecule has 1 atom stereocenters. The maximum atomic E-state index is 12.6. The Kier molecular flexibility index (Phi) is 5.79. The van der Waals surface area contributed by atoms with E-state index in [0.717, 1.165) is 17.0 Å². The molecule has 2 amide bonds. The standard InChI is InChI=1S/C22H26N2O3/c1-15(2)17-7-9-19(10-8-17)23-22(26)18-12-21(25)24(14-18)13-16-5-4-6-20(11-16)27-3/h4-11,15,18H,12-14H2,1-3H3,(H,23,26)/t18-/m1/s1. The summed E-state index contributed by atoms with van der Waals surface area (Å²) in [5.74, 6) is 0.792. The zero-order valence-corrected chi connectivity index (χ0v) is 16.1. The molecule has 0 aliphatic carbocycles. The summed E-state index contributed by atoms with van der Waals surface area (Å²) in [7, 11) is 1.62. The Bertz CT molecular complexity index is 815. The van der Waals surface area contributed by atoms with Crippen molar-refractivity contribution in [3.8, 4) is 5.75 Å². The smallest absolute Gasteiger partial charge is 0.229 e. The van der Waals surface area contributed by atoms with Crippen LogP contribution in [0.2, 0.25) is 0 Å². The fourth-order valence-electron chi connectivity index (χ4n) is 3.29. The third kappa shape index (κ3) is 4.67. The van der Waals surface area contributed by atoms with Crippen molar-refractivity contribution >= 4 is 17.5 Å². The quantitative estimate of drug-likeness (QED) is 0.846. The number of carbonyl (C=O) groups excluding carboxylic acids is 2. The molecule has 5 heteroatoms. The summed E-state index contributed by atoms with van der Waals surface area (Å²) >= 11 is 0. The highest BCUT2D eigenvalue weighted by atomic mass is 16.5. The van der Waals surface area contributed by atoms with Crippen molar-refractivity contribution in [2.75, 3.05) is 19.0 Å². The lowest BCUT2D eigenvalue weighted by atomic mass is 10.0. The van der Waals surface area contributed by atoms with Crippen LogP contribution in [0.25, 0.3) is 0 Å². The Morgan fingerprint density at radius 3 is 2.63 bits per heavy atom. The minimum absolute atomic E-state index is 0.00752. The van der Waals surface area contributed by atoms with Crippen LogP contribution in [0.4, 0.5) is 5.69 Å². The molecule has 1 saturated heterocycles. The molecule has 0 saturated carbocycles. The van der Waals surface area contributed by atoms with Gasteiger partial charge in [0.25, 0.3) is 0 Å². The van der Waals surface area contributed by atoms with Gasteiger partial charge in [-0.2, -0.15) is 0 Å². The molecule has 142 valence electrons. The molecule has 0 bridgehead atoms. The van der Waals surface area contributed by atoms with Crippen LogP contribution in [-0.2, 0) is 16.1 Å². The van der Waals surface area contributed by atoms with Crippen LogP contribution in [0.1, 0.15) is 37.3 Å². The number of amides is 2. The number of carbonyl (C=O) groups is 2. The predicted molar refractivity (Wildman–Crippen MR) is 106 cm³/mol. The first kappa shape index (κ1) is 19.0. The summed E-state index contributed by atoms with van der Waals surface area (Å²) in [6, 6.07) is 15.5. The molecule has 2 aromatic rings. The topological polar surface area (TPSA) is 58.6 Å². The zero-order valence-electron chi connectivity index (χ0n) is 16.1. The molecule has 1 aliphatic heterocycles. The molecule has 1 aliphatic rings. The molecule has 0 radical (unpaired) electrons. The van der Waals surface area contributed by atoms with Crippen molar-refractivity contribution in [3.05, 3.63) is 59.7 Å². The molecule has 1 heterocycles. The van der Waals surface area contributed by atoms with Gasteiger partial charge in [-0.05, 0) is 41.3 Å². The molecule has 1 N–H and O–H groups in total. The van der Waals surface area contributed by atoms with E-state index in [0.29, 0.717) is 19.0 Å². The van der Waals surface area contributed by atoms with Gasteiger partial charge >= 0.3 is 0 Å². The average Bonchev–Trinajstić information content (AvgIpc) is 3.03. The van der Waals surface area contributed by atoms with Crippen LogP contribution in [-0.4, -0.2) is 30.4 Å². The summed E-state index contributed by atoms with van der Waals surface area (Å²) in [4.78, 5) is 26.6. The van der Waals surface area contributed by atoms with Crippen molar-refractivity contribution in [1.82, 2.24) is 4.90 Å². The summed E-state index contributed by atoms with van der Waals surface area (Å²) in [5, 5.41) is 2.94. The lowest BCUT2D eigenvalue weighted by molar-refractivity contribution is -0.128. The highest BCUT2D eigenvalue weighted by Crippen LogP contribution is 2.24. The summed E-state index contributed by atoms with van der Waals surface area (Å²) < 4.78 is 5.23. The Balaban J connectivity index is 1.59. The van der Waals surface area contributed by atoms with E-state index in [1.165, 1.54) is 5.56 Å². The Hall–Kier alpha value is -2.82. The lowest BCUT2D eigenvalue weighted by Crippen LogP contribution is -2.28. The minimum atomic E-state index is -0.326. The number of rotatable bonds is 6. The Morgan fingerprint density at radius 1 is 1.22 bits per heavy atom. The largest absolute Gasteiger partial charge is 0.497 e.